The molecule has 2 unspecified atom stereocenters. The van der Waals surface area contributed by atoms with E-state index in [1.165, 1.54) is 13.1 Å². The van der Waals surface area contributed by atoms with Crippen molar-refractivity contribution in [2.75, 3.05) is 6.61 Å². The fourth-order valence-electron chi connectivity index (χ4n) is 4.93. The molecule has 0 radical (unpaired) electrons. The maximum absolute atomic E-state index is 12.7. The van der Waals surface area contributed by atoms with Gasteiger partial charge in [-0.25, -0.2) is 4.79 Å². The molecule has 0 amide bonds. The smallest absolute Gasteiger partial charge is 0.330 e. The number of aliphatic hydroxyl groups excluding tert-OH is 1. The Kier molecular flexibility index (Phi) is 6.76. The Hall–Kier alpha value is -2.10. The van der Waals surface area contributed by atoms with Gasteiger partial charge in [0.2, 0.25) is 5.44 Å². The predicted octanol–water partition coefficient (Wildman–Crippen LogP) is 0.353. The lowest BCUT2D eigenvalue weighted by Gasteiger charge is -2.39. The van der Waals surface area contributed by atoms with E-state index < -0.39 is 74.6 Å². The average molecular weight is 533 g/mol. The van der Waals surface area contributed by atoms with Crippen LogP contribution in [0.2, 0.25) is 0 Å². The molecule has 13 nitrogen and oxygen atoms in total. The Morgan fingerprint density at radius 1 is 1.22 bits per heavy atom. The van der Waals surface area contributed by atoms with Gasteiger partial charge in [-0.15, -0.1) is 0 Å². The molecule has 3 fully saturated rings. The molecule has 14 heteroatoms. The molecule has 2 aliphatic heterocycles. The summed E-state index contributed by atoms with van der Waals surface area (Å²) in [7, 11) is -5.18. The molecule has 0 aromatic carbocycles. The number of fused-ring (bicyclic) bond motifs is 1. The minimum atomic E-state index is -5.18. The fraction of sp³-hybridized carbons (Fsp3) is 0.773. The molecule has 202 valence electrons. The summed E-state index contributed by atoms with van der Waals surface area (Å²) in [6, 6.07) is 0. The van der Waals surface area contributed by atoms with Gasteiger partial charge < -0.3 is 24.1 Å². The number of rotatable bonds is 5. The van der Waals surface area contributed by atoms with Gasteiger partial charge in [-0.05, 0) is 40.5 Å². The van der Waals surface area contributed by atoms with Crippen LogP contribution in [0.5, 0.6) is 0 Å². The first kappa shape index (κ1) is 26.9. The van der Waals surface area contributed by atoms with Crippen molar-refractivity contribution in [2.24, 2.45) is 5.41 Å². The largest absolute Gasteiger partial charge is 0.462 e. The van der Waals surface area contributed by atoms with Crippen LogP contribution in [0.15, 0.2) is 15.8 Å². The zero-order chi connectivity index (χ0) is 26.7. The number of nitrogens with zero attached hydrogens (tertiary/aromatic N) is 1. The van der Waals surface area contributed by atoms with Gasteiger partial charge in [-0.3, -0.25) is 23.7 Å². The highest BCUT2D eigenvalue weighted by Gasteiger charge is 2.70. The molecule has 0 bridgehead atoms. The number of aromatic nitrogens is 2. The van der Waals surface area contributed by atoms with E-state index in [1.54, 1.807) is 20.8 Å². The van der Waals surface area contributed by atoms with E-state index in [4.69, 9.17) is 18.9 Å². The van der Waals surface area contributed by atoms with Crippen LogP contribution in [0.25, 0.3) is 0 Å². The van der Waals surface area contributed by atoms with E-state index in [1.807, 2.05) is 0 Å². The third-order valence-corrected chi connectivity index (χ3v) is 7.83. The van der Waals surface area contributed by atoms with Crippen LogP contribution in [0, 0.1) is 12.3 Å². The first-order valence-corrected chi connectivity index (χ1v) is 13.3. The summed E-state index contributed by atoms with van der Waals surface area (Å²) in [5, 5.41) is 10.9. The van der Waals surface area contributed by atoms with Crippen LogP contribution >= 0.6 is 0 Å². The van der Waals surface area contributed by atoms with Gasteiger partial charge in [-0.1, -0.05) is 6.42 Å². The number of nitrogens with one attached hydrogen (secondary N) is 1. The van der Waals surface area contributed by atoms with Crippen molar-refractivity contribution >= 4 is 16.1 Å². The van der Waals surface area contributed by atoms with Gasteiger partial charge in [0.05, 0.1) is 5.41 Å². The minimum absolute atomic E-state index is 0.160. The molecule has 3 N–H and O–H groups in total. The number of carbonyl (C=O) groups excluding carboxylic acids is 1. The van der Waals surface area contributed by atoms with E-state index in [2.05, 4.69) is 4.98 Å². The number of ether oxygens (including phenoxy) is 4. The van der Waals surface area contributed by atoms with E-state index in [9.17, 15) is 32.5 Å². The lowest BCUT2D eigenvalue weighted by Crippen LogP contribution is -2.59. The van der Waals surface area contributed by atoms with E-state index in [-0.39, 0.29) is 5.56 Å². The van der Waals surface area contributed by atoms with Gasteiger partial charge in [0, 0.05) is 24.6 Å². The minimum Gasteiger partial charge on any atom is -0.462 e. The standard InChI is InChI=1S/C22H32N2O11S/c1-12-10-24(19(28)23-15(12)25)16-13-14(34-21(33-13)8-6-5-7-9-21)22(35-16,18(27)36(29,30)31)11-32-17(26)20(2,3)4/h10,13-14,16,18,27H,5-9,11H2,1-4H3,(H,23,25,28)(H,29,30,31)/t13-,14?,16+,18?,22+/m0/s1. The van der Waals surface area contributed by atoms with Crippen molar-refractivity contribution in [2.45, 2.75) is 95.1 Å². The number of esters is 1. The monoisotopic (exact) mass is 532 g/mol. The first-order chi connectivity index (χ1) is 16.6. The Morgan fingerprint density at radius 2 is 1.86 bits per heavy atom. The van der Waals surface area contributed by atoms with E-state index in [0.717, 1.165) is 23.8 Å². The highest BCUT2D eigenvalue weighted by atomic mass is 32.2. The van der Waals surface area contributed by atoms with E-state index in [0.29, 0.717) is 12.8 Å². The predicted molar refractivity (Wildman–Crippen MR) is 122 cm³/mol. The SMILES string of the molecule is Cc1cn([C@@H]2O[C@@](COC(=O)C(C)(C)C)(C(O)S(=O)(=O)O)C3OC4(CCCCC4)O[C@@H]32)c(=O)[nH]c1=O. The maximum atomic E-state index is 12.7. The average Bonchev–Trinajstić information content (AvgIpc) is 3.27. The van der Waals surface area contributed by atoms with Gasteiger partial charge in [0.15, 0.2) is 17.6 Å². The van der Waals surface area contributed by atoms with Crippen LogP contribution in [0.1, 0.15) is 64.7 Å². The summed E-state index contributed by atoms with van der Waals surface area (Å²) >= 11 is 0. The number of carbonyl (C=O) groups is 1. The Bertz CT molecular complexity index is 1240. The Balaban J connectivity index is 1.84. The summed E-state index contributed by atoms with van der Waals surface area (Å²) in [4.78, 5) is 39.4. The van der Waals surface area contributed by atoms with Crippen LogP contribution in [0.3, 0.4) is 0 Å². The summed E-state index contributed by atoms with van der Waals surface area (Å²) in [6.07, 6.45) is 0.715. The number of hydrogen-bond acceptors (Lipinski definition) is 10. The van der Waals surface area contributed by atoms with Crippen LogP contribution in [0.4, 0.5) is 0 Å². The summed E-state index contributed by atoms with van der Waals surface area (Å²) < 4.78 is 59.1. The summed E-state index contributed by atoms with van der Waals surface area (Å²) in [5.74, 6) is -1.87. The molecule has 36 heavy (non-hydrogen) atoms. The van der Waals surface area contributed by atoms with Gasteiger partial charge >= 0.3 is 11.7 Å². The zero-order valence-corrected chi connectivity index (χ0v) is 21.4. The van der Waals surface area contributed by atoms with Crippen LogP contribution < -0.4 is 11.2 Å². The molecule has 3 heterocycles. The molecule has 2 saturated heterocycles. The molecule has 1 spiro atoms. The number of H-pyrrole nitrogens is 1. The Labute approximate surface area is 207 Å². The number of hydrogen-bond donors (Lipinski definition) is 3. The lowest BCUT2D eigenvalue weighted by molar-refractivity contribution is -0.263. The third kappa shape index (κ3) is 4.65. The number of aliphatic hydroxyl groups is 1. The van der Waals surface area contributed by atoms with Crippen molar-refractivity contribution in [1.82, 2.24) is 9.55 Å². The highest BCUT2D eigenvalue weighted by Crippen LogP contribution is 2.53. The molecule has 3 aliphatic rings. The summed E-state index contributed by atoms with van der Waals surface area (Å²) in [6.45, 7) is 5.38. The quantitative estimate of drug-likeness (QED) is 0.351. The van der Waals surface area contributed by atoms with E-state index >= 15 is 0 Å². The molecule has 1 aromatic heterocycles. The summed E-state index contributed by atoms with van der Waals surface area (Å²) in [5.41, 5.74) is -7.28. The second-order valence-corrected chi connectivity index (χ2v) is 12.2. The fourth-order valence-corrected chi connectivity index (χ4v) is 5.69. The van der Waals surface area contributed by atoms with Crippen LogP contribution in [-0.4, -0.2) is 69.2 Å². The molecular formula is C22H32N2O11S. The van der Waals surface area contributed by atoms with Crippen LogP contribution in [-0.2, 0) is 33.9 Å². The first-order valence-electron chi connectivity index (χ1n) is 11.8. The molecule has 5 atom stereocenters. The second-order valence-electron chi connectivity index (χ2n) is 10.7. The van der Waals surface area contributed by atoms with Gasteiger partial charge in [0.25, 0.3) is 15.7 Å². The van der Waals surface area contributed by atoms with Crippen molar-refractivity contribution < 1.29 is 41.8 Å². The van der Waals surface area contributed by atoms with Crippen molar-refractivity contribution in [3.8, 4) is 0 Å². The highest BCUT2D eigenvalue weighted by molar-refractivity contribution is 7.86. The maximum Gasteiger partial charge on any atom is 0.330 e. The lowest BCUT2D eigenvalue weighted by atomic mass is 9.93. The zero-order valence-electron chi connectivity index (χ0n) is 20.6. The molecule has 1 aliphatic carbocycles. The normalized spacial score (nSPS) is 30.8. The topological polar surface area (TPSA) is 183 Å². The number of aryl methyl sites for hydroxylation is 1. The molecular weight excluding hydrogens is 500 g/mol. The van der Waals surface area contributed by atoms with Crippen molar-refractivity contribution in [3.05, 3.63) is 32.6 Å². The van der Waals surface area contributed by atoms with Gasteiger partial charge in [-0.2, -0.15) is 8.42 Å². The molecule has 1 saturated carbocycles. The third-order valence-electron chi connectivity index (χ3n) is 6.87. The number of aromatic amines is 1. The van der Waals surface area contributed by atoms with Crippen molar-refractivity contribution in [3.63, 3.8) is 0 Å². The molecule has 1 aromatic rings. The second kappa shape index (κ2) is 9.03. The Morgan fingerprint density at radius 3 is 2.44 bits per heavy atom. The molecule has 4 rings (SSSR count). The van der Waals surface area contributed by atoms with Crippen molar-refractivity contribution in [1.29, 1.82) is 0 Å². The van der Waals surface area contributed by atoms with Gasteiger partial charge in [0.1, 0.15) is 18.8 Å².